The van der Waals surface area contributed by atoms with Gasteiger partial charge in [-0.1, -0.05) is 49.4 Å². The van der Waals surface area contributed by atoms with E-state index in [4.69, 9.17) is 4.74 Å². The topological polar surface area (TPSA) is 58.6 Å². The van der Waals surface area contributed by atoms with E-state index in [0.717, 1.165) is 22.8 Å². The van der Waals surface area contributed by atoms with Gasteiger partial charge in [-0.25, -0.2) is 0 Å². The Hall–Kier alpha value is -3.34. The van der Waals surface area contributed by atoms with Crippen LogP contribution in [0.1, 0.15) is 32.8 Å². The lowest BCUT2D eigenvalue weighted by Crippen LogP contribution is -2.42. The lowest BCUT2D eigenvalue weighted by molar-refractivity contribution is -0.127. The average Bonchev–Trinajstić information content (AvgIpc) is 2.84. The van der Waals surface area contributed by atoms with Crippen LogP contribution in [0.15, 0.2) is 60.7 Å². The van der Waals surface area contributed by atoms with Crippen molar-refractivity contribution in [1.82, 2.24) is 0 Å². The molecule has 0 fully saturated rings. The van der Waals surface area contributed by atoms with E-state index in [-0.39, 0.29) is 18.2 Å². The van der Waals surface area contributed by atoms with Crippen LogP contribution in [0.2, 0.25) is 0 Å². The highest BCUT2D eigenvalue weighted by Gasteiger charge is 2.37. The predicted molar refractivity (Wildman–Crippen MR) is 125 cm³/mol. The number of nitrogens with zero attached hydrogens (tertiary/aromatic N) is 1. The van der Waals surface area contributed by atoms with Gasteiger partial charge in [-0.15, -0.1) is 0 Å². The molecule has 3 aromatic carbocycles. The number of hydrogen-bond acceptors (Lipinski definition) is 3. The quantitative estimate of drug-likeness (QED) is 0.623. The van der Waals surface area contributed by atoms with Crippen LogP contribution in [0.4, 0.5) is 11.4 Å². The minimum absolute atomic E-state index is 0.0346. The molecule has 0 atom stereocenters. The summed E-state index contributed by atoms with van der Waals surface area (Å²) in [5.41, 5.74) is 1.74. The number of benzene rings is 3. The second kappa shape index (κ2) is 8.42. The van der Waals surface area contributed by atoms with Crippen LogP contribution in [0.25, 0.3) is 10.8 Å². The van der Waals surface area contributed by atoms with E-state index in [1.165, 1.54) is 0 Å². The Bertz CT molecular complexity index is 1130. The number of nitrogens with one attached hydrogen (secondary N) is 1. The van der Waals surface area contributed by atoms with Gasteiger partial charge in [0.05, 0.1) is 17.5 Å². The second-order valence-electron chi connectivity index (χ2n) is 8.68. The van der Waals surface area contributed by atoms with Crippen molar-refractivity contribution < 1.29 is 14.3 Å². The molecule has 0 aliphatic carbocycles. The van der Waals surface area contributed by atoms with Crippen molar-refractivity contribution in [3.05, 3.63) is 66.2 Å². The first-order chi connectivity index (χ1) is 14.9. The highest BCUT2D eigenvalue weighted by molar-refractivity contribution is 6.01. The summed E-state index contributed by atoms with van der Waals surface area (Å²) in [5, 5.41) is 5.19. The summed E-state index contributed by atoms with van der Waals surface area (Å²) in [6.45, 7) is 6.77. The first-order valence-corrected chi connectivity index (χ1v) is 10.7. The fourth-order valence-corrected chi connectivity index (χ4v) is 3.99. The largest absolute Gasteiger partial charge is 0.490 e. The first-order valence-electron chi connectivity index (χ1n) is 10.7. The summed E-state index contributed by atoms with van der Waals surface area (Å²) in [6, 6.07) is 19.6. The Morgan fingerprint density at radius 3 is 2.68 bits per heavy atom. The number of anilines is 2. The van der Waals surface area contributed by atoms with Gasteiger partial charge in [-0.05, 0) is 54.8 Å². The number of hydrogen-bond donors (Lipinski definition) is 1. The smallest absolute Gasteiger partial charge is 0.236 e. The number of fused-ring (bicyclic) bond motifs is 2. The van der Waals surface area contributed by atoms with Crippen molar-refractivity contribution in [1.29, 1.82) is 0 Å². The van der Waals surface area contributed by atoms with Crippen molar-refractivity contribution in [3.8, 4) is 5.75 Å². The highest BCUT2D eigenvalue weighted by atomic mass is 16.5. The van der Waals surface area contributed by atoms with Gasteiger partial charge in [0.25, 0.3) is 0 Å². The van der Waals surface area contributed by atoms with Crippen molar-refractivity contribution in [3.63, 3.8) is 0 Å². The van der Waals surface area contributed by atoms with E-state index >= 15 is 0 Å². The Morgan fingerprint density at radius 1 is 1.10 bits per heavy atom. The Balaban J connectivity index is 1.58. The average molecular weight is 417 g/mol. The van der Waals surface area contributed by atoms with Crippen molar-refractivity contribution in [2.24, 2.45) is 5.41 Å². The molecule has 0 radical (unpaired) electrons. The van der Waals surface area contributed by atoms with E-state index < -0.39 is 5.41 Å². The van der Waals surface area contributed by atoms with Gasteiger partial charge >= 0.3 is 0 Å². The Labute approximate surface area is 183 Å². The molecule has 1 N–H and O–H groups in total. The van der Waals surface area contributed by atoms with Crippen molar-refractivity contribution in [2.75, 3.05) is 23.4 Å². The molecule has 0 spiro atoms. The number of carbonyl (C=O) groups excluding carboxylic acids is 2. The SMILES string of the molecule is CCCN1C(=O)C(C)(C)COc2ccc(NC(=O)Cc3cccc4ccccc34)cc21. The van der Waals surface area contributed by atoms with Crippen LogP contribution < -0.4 is 15.0 Å². The van der Waals surface area contributed by atoms with Crippen LogP contribution in [0.5, 0.6) is 5.75 Å². The maximum Gasteiger partial charge on any atom is 0.236 e. The molecule has 31 heavy (non-hydrogen) atoms. The Kier molecular flexibility index (Phi) is 5.68. The fourth-order valence-electron chi connectivity index (χ4n) is 3.99. The third-order valence-corrected chi connectivity index (χ3v) is 5.62. The molecule has 2 amide bonds. The molecule has 1 aliphatic rings. The van der Waals surface area contributed by atoms with Gasteiger partial charge < -0.3 is 15.0 Å². The molecule has 5 heteroatoms. The maximum absolute atomic E-state index is 13.1. The summed E-state index contributed by atoms with van der Waals surface area (Å²) in [5.74, 6) is 0.603. The van der Waals surface area contributed by atoms with Gasteiger partial charge in [-0.2, -0.15) is 0 Å². The zero-order valence-corrected chi connectivity index (χ0v) is 18.3. The Morgan fingerprint density at radius 2 is 1.87 bits per heavy atom. The number of ether oxygens (including phenoxy) is 1. The van der Waals surface area contributed by atoms with Gasteiger partial charge in [0, 0.05) is 12.2 Å². The fraction of sp³-hybridized carbons (Fsp3) is 0.308. The van der Waals surface area contributed by atoms with E-state index in [1.807, 2.05) is 81.4 Å². The lowest BCUT2D eigenvalue weighted by Gasteiger charge is -2.27. The summed E-state index contributed by atoms with van der Waals surface area (Å²) < 4.78 is 5.94. The van der Waals surface area contributed by atoms with Gasteiger partial charge in [0.2, 0.25) is 11.8 Å². The maximum atomic E-state index is 13.1. The minimum atomic E-state index is -0.605. The van der Waals surface area contributed by atoms with Crippen molar-refractivity contribution in [2.45, 2.75) is 33.6 Å². The molecule has 0 saturated heterocycles. The van der Waals surface area contributed by atoms with Crippen LogP contribution in [-0.2, 0) is 16.0 Å². The molecule has 0 bridgehead atoms. The van der Waals surface area contributed by atoms with E-state index in [1.54, 1.807) is 4.90 Å². The predicted octanol–water partition coefficient (Wildman–Crippen LogP) is 5.18. The zero-order chi connectivity index (χ0) is 22.0. The number of rotatable bonds is 5. The molecular formula is C26H28N2O3. The standard InChI is InChI=1S/C26H28N2O3/c1-4-14-28-22-16-20(12-13-23(22)31-17-26(2,3)25(28)30)27-24(29)15-19-10-7-9-18-8-5-6-11-21(18)19/h5-13,16H,4,14-15,17H2,1-3H3,(H,27,29). The normalized spacial score (nSPS) is 15.2. The summed E-state index contributed by atoms with van der Waals surface area (Å²) in [6.07, 6.45) is 1.11. The molecule has 0 unspecified atom stereocenters. The molecule has 160 valence electrons. The molecule has 4 rings (SSSR count). The van der Waals surface area contributed by atoms with Gasteiger partial charge in [0.1, 0.15) is 12.4 Å². The van der Waals surface area contributed by atoms with E-state index in [2.05, 4.69) is 5.32 Å². The monoisotopic (exact) mass is 416 g/mol. The third kappa shape index (κ3) is 4.26. The number of amides is 2. The van der Waals surface area contributed by atoms with Crippen molar-refractivity contribution >= 4 is 34.0 Å². The second-order valence-corrected chi connectivity index (χ2v) is 8.68. The summed E-state index contributed by atoms with van der Waals surface area (Å²) in [4.78, 5) is 27.7. The van der Waals surface area contributed by atoms with Gasteiger partial charge in [-0.3, -0.25) is 9.59 Å². The van der Waals surface area contributed by atoms with Crippen LogP contribution >= 0.6 is 0 Å². The van der Waals surface area contributed by atoms with Gasteiger partial charge in [0.15, 0.2) is 0 Å². The van der Waals surface area contributed by atoms with E-state index in [9.17, 15) is 9.59 Å². The summed E-state index contributed by atoms with van der Waals surface area (Å²) >= 11 is 0. The molecule has 0 aromatic heterocycles. The molecule has 1 heterocycles. The first kappa shape index (κ1) is 20.9. The molecule has 5 nitrogen and oxygen atoms in total. The number of carbonyl (C=O) groups is 2. The van der Waals surface area contributed by atoms with E-state index in [0.29, 0.717) is 30.3 Å². The highest BCUT2D eigenvalue weighted by Crippen LogP contribution is 2.38. The summed E-state index contributed by atoms with van der Waals surface area (Å²) in [7, 11) is 0. The molecular weight excluding hydrogens is 388 g/mol. The molecule has 3 aromatic rings. The van der Waals surface area contributed by atoms with Crippen LogP contribution in [-0.4, -0.2) is 25.0 Å². The third-order valence-electron chi connectivity index (χ3n) is 5.62. The minimum Gasteiger partial charge on any atom is -0.490 e. The lowest BCUT2D eigenvalue weighted by atomic mass is 9.93. The van der Waals surface area contributed by atoms with Crippen LogP contribution in [0.3, 0.4) is 0 Å². The zero-order valence-electron chi connectivity index (χ0n) is 18.3. The molecule has 1 aliphatic heterocycles. The van der Waals surface area contributed by atoms with Crippen LogP contribution in [0, 0.1) is 5.41 Å². The molecule has 0 saturated carbocycles.